The highest BCUT2D eigenvalue weighted by Gasteiger charge is 2.41. The van der Waals surface area contributed by atoms with E-state index in [-0.39, 0.29) is 5.54 Å². The first-order valence-corrected chi connectivity index (χ1v) is 7.38. The number of Topliss-reactive ketones (excluding diaryl/α,β-unsaturated/α-hetero) is 1. The van der Waals surface area contributed by atoms with E-state index in [1.165, 1.54) is 12.8 Å². The summed E-state index contributed by atoms with van der Waals surface area (Å²) >= 11 is 0. The van der Waals surface area contributed by atoms with Crippen molar-refractivity contribution in [3.63, 3.8) is 0 Å². The Hall–Kier alpha value is -1.16. The molecule has 2 heterocycles. The monoisotopic (exact) mass is 263 g/mol. The minimum atomic E-state index is -0.258. The molecule has 1 aromatic heterocycles. The number of aromatic nitrogens is 2. The standard InChI is InChI=1S/C15H25N3O/c1-4-15(5-2,18-8-6-7-9-18)14(19)10-13-11-16-17(3)12-13/h11-12H,4-10H2,1-3H3. The van der Waals surface area contributed by atoms with Gasteiger partial charge in [-0.2, -0.15) is 5.10 Å². The van der Waals surface area contributed by atoms with Crippen LogP contribution < -0.4 is 0 Å². The summed E-state index contributed by atoms with van der Waals surface area (Å²) in [5, 5.41) is 4.15. The second-order valence-electron chi connectivity index (χ2n) is 5.56. The van der Waals surface area contributed by atoms with Gasteiger partial charge in [0, 0.05) is 19.7 Å². The molecule has 0 saturated carbocycles. The molecule has 0 amide bonds. The Labute approximate surface area is 115 Å². The SMILES string of the molecule is CCC(CC)(C(=O)Cc1cnn(C)c1)N1CCCC1. The van der Waals surface area contributed by atoms with Gasteiger partial charge < -0.3 is 0 Å². The Kier molecular flexibility index (Phi) is 4.40. The summed E-state index contributed by atoms with van der Waals surface area (Å²) in [6.07, 6.45) is 8.51. The number of hydrogen-bond donors (Lipinski definition) is 0. The van der Waals surface area contributed by atoms with E-state index in [2.05, 4.69) is 23.8 Å². The van der Waals surface area contributed by atoms with E-state index in [1.807, 2.05) is 13.2 Å². The summed E-state index contributed by atoms with van der Waals surface area (Å²) in [5.41, 5.74) is 0.768. The third-order valence-corrected chi connectivity index (χ3v) is 4.52. The predicted molar refractivity (Wildman–Crippen MR) is 76.0 cm³/mol. The summed E-state index contributed by atoms with van der Waals surface area (Å²) in [6.45, 7) is 6.42. The van der Waals surface area contributed by atoms with Crippen molar-refractivity contribution in [1.82, 2.24) is 14.7 Å². The van der Waals surface area contributed by atoms with Crippen molar-refractivity contribution >= 4 is 5.78 Å². The van der Waals surface area contributed by atoms with E-state index >= 15 is 0 Å². The van der Waals surface area contributed by atoms with Gasteiger partial charge in [-0.15, -0.1) is 0 Å². The maximum Gasteiger partial charge on any atom is 0.157 e. The first kappa shape index (κ1) is 14.3. The Morgan fingerprint density at radius 3 is 2.42 bits per heavy atom. The van der Waals surface area contributed by atoms with Crippen LogP contribution in [0.25, 0.3) is 0 Å². The quantitative estimate of drug-likeness (QED) is 0.789. The van der Waals surface area contributed by atoms with Crippen molar-refractivity contribution in [3.8, 4) is 0 Å². The van der Waals surface area contributed by atoms with Gasteiger partial charge in [-0.25, -0.2) is 0 Å². The number of rotatable bonds is 6. The average molecular weight is 263 g/mol. The second-order valence-corrected chi connectivity index (χ2v) is 5.56. The highest BCUT2D eigenvalue weighted by Crippen LogP contribution is 2.30. The van der Waals surface area contributed by atoms with Crippen molar-refractivity contribution < 1.29 is 4.79 Å². The van der Waals surface area contributed by atoms with E-state index in [4.69, 9.17) is 0 Å². The highest BCUT2D eigenvalue weighted by atomic mass is 16.1. The second kappa shape index (κ2) is 5.87. The van der Waals surface area contributed by atoms with Crippen LogP contribution in [0.5, 0.6) is 0 Å². The highest BCUT2D eigenvalue weighted by molar-refractivity contribution is 5.90. The molecule has 0 N–H and O–H groups in total. The van der Waals surface area contributed by atoms with Gasteiger partial charge in [0.2, 0.25) is 0 Å². The lowest BCUT2D eigenvalue weighted by molar-refractivity contribution is -0.130. The third kappa shape index (κ3) is 2.73. The molecular formula is C15H25N3O. The lowest BCUT2D eigenvalue weighted by Gasteiger charge is -2.39. The zero-order chi connectivity index (χ0) is 13.9. The van der Waals surface area contributed by atoms with Gasteiger partial charge >= 0.3 is 0 Å². The van der Waals surface area contributed by atoms with Gasteiger partial charge in [0.25, 0.3) is 0 Å². The van der Waals surface area contributed by atoms with Gasteiger partial charge in [0.05, 0.1) is 11.7 Å². The van der Waals surface area contributed by atoms with Crippen LogP contribution >= 0.6 is 0 Å². The predicted octanol–water partition coefficient (Wildman–Crippen LogP) is 2.19. The number of carbonyl (C=O) groups excluding carboxylic acids is 1. The van der Waals surface area contributed by atoms with Crippen LogP contribution in [0.3, 0.4) is 0 Å². The fraction of sp³-hybridized carbons (Fsp3) is 0.733. The number of hydrogen-bond acceptors (Lipinski definition) is 3. The molecule has 0 atom stereocenters. The molecule has 0 spiro atoms. The zero-order valence-electron chi connectivity index (χ0n) is 12.4. The molecule has 1 saturated heterocycles. The summed E-state index contributed by atoms with van der Waals surface area (Å²) in [5.74, 6) is 0.354. The molecule has 19 heavy (non-hydrogen) atoms. The molecule has 1 fully saturated rings. The molecule has 0 aromatic carbocycles. The molecule has 0 aliphatic carbocycles. The molecule has 1 aliphatic rings. The number of aryl methyl sites for hydroxylation is 1. The fourth-order valence-corrected chi connectivity index (χ4v) is 3.33. The Morgan fingerprint density at radius 2 is 1.95 bits per heavy atom. The van der Waals surface area contributed by atoms with E-state index in [1.54, 1.807) is 10.9 Å². The number of ketones is 1. The van der Waals surface area contributed by atoms with Gasteiger partial charge in [0.15, 0.2) is 5.78 Å². The molecular weight excluding hydrogens is 238 g/mol. The summed E-state index contributed by atoms with van der Waals surface area (Å²) in [7, 11) is 1.89. The van der Waals surface area contributed by atoms with Crippen molar-refractivity contribution in [1.29, 1.82) is 0 Å². The Balaban J connectivity index is 2.15. The van der Waals surface area contributed by atoms with E-state index in [9.17, 15) is 4.79 Å². The Bertz CT molecular complexity index is 428. The molecule has 0 unspecified atom stereocenters. The maximum atomic E-state index is 12.8. The zero-order valence-corrected chi connectivity index (χ0v) is 12.4. The van der Waals surface area contributed by atoms with E-state index in [0.29, 0.717) is 12.2 Å². The first-order valence-electron chi connectivity index (χ1n) is 7.38. The summed E-state index contributed by atoms with van der Waals surface area (Å²) in [4.78, 5) is 15.2. The normalized spacial score (nSPS) is 17.0. The van der Waals surface area contributed by atoms with Crippen LogP contribution in [0.2, 0.25) is 0 Å². The maximum absolute atomic E-state index is 12.8. The lowest BCUT2D eigenvalue weighted by atomic mass is 9.83. The van der Waals surface area contributed by atoms with Gasteiger partial charge in [-0.05, 0) is 44.3 Å². The van der Waals surface area contributed by atoms with Crippen molar-refractivity contribution in [3.05, 3.63) is 18.0 Å². The Morgan fingerprint density at radius 1 is 1.32 bits per heavy atom. The topological polar surface area (TPSA) is 38.1 Å². The number of likely N-dealkylation sites (tertiary alicyclic amines) is 1. The number of carbonyl (C=O) groups is 1. The molecule has 0 radical (unpaired) electrons. The van der Waals surface area contributed by atoms with Gasteiger partial charge in [-0.3, -0.25) is 14.4 Å². The van der Waals surface area contributed by atoms with Crippen LogP contribution in [-0.4, -0.2) is 39.1 Å². The minimum Gasteiger partial charge on any atom is -0.297 e. The number of nitrogens with zero attached hydrogens (tertiary/aromatic N) is 3. The third-order valence-electron chi connectivity index (χ3n) is 4.52. The van der Waals surface area contributed by atoms with Crippen LogP contribution in [0, 0.1) is 0 Å². The van der Waals surface area contributed by atoms with Crippen LogP contribution in [0.15, 0.2) is 12.4 Å². The molecule has 0 bridgehead atoms. The van der Waals surface area contributed by atoms with Crippen LogP contribution in [-0.2, 0) is 18.3 Å². The molecule has 2 rings (SSSR count). The van der Waals surface area contributed by atoms with Crippen molar-refractivity contribution in [2.45, 2.75) is 51.5 Å². The van der Waals surface area contributed by atoms with Crippen LogP contribution in [0.4, 0.5) is 0 Å². The van der Waals surface area contributed by atoms with Crippen molar-refractivity contribution in [2.75, 3.05) is 13.1 Å². The van der Waals surface area contributed by atoms with E-state index in [0.717, 1.165) is 31.5 Å². The van der Waals surface area contributed by atoms with Gasteiger partial charge in [-0.1, -0.05) is 13.8 Å². The van der Waals surface area contributed by atoms with Gasteiger partial charge in [0.1, 0.15) is 0 Å². The molecule has 1 aromatic rings. The summed E-state index contributed by atoms with van der Waals surface area (Å²) in [6, 6.07) is 0. The molecule has 4 heteroatoms. The molecule has 1 aliphatic heterocycles. The smallest absolute Gasteiger partial charge is 0.157 e. The molecule has 106 valence electrons. The lowest BCUT2D eigenvalue weighted by Crippen LogP contribution is -2.53. The fourth-order valence-electron chi connectivity index (χ4n) is 3.33. The molecule has 4 nitrogen and oxygen atoms in total. The minimum absolute atomic E-state index is 0.258. The largest absolute Gasteiger partial charge is 0.297 e. The average Bonchev–Trinajstić information content (AvgIpc) is 3.04. The van der Waals surface area contributed by atoms with Crippen molar-refractivity contribution in [2.24, 2.45) is 7.05 Å². The first-order chi connectivity index (χ1) is 9.12. The van der Waals surface area contributed by atoms with Crippen LogP contribution in [0.1, 0.15) is 45.1 Å². The summed E-state index contributed by atoms with van der Waals surface area (Å²) < 4.78 is 1.76. The van der Waals surface area contributed by atoms with E-state index < -0.39 is 0 Å².